The molecule has 0 saturated carbocycles. The monoisotopic (exact) mass is 278 g/mol. The van der Waals surface area contributed by atoms with Gasteiger partial charge in [-0.25, -0.2) is 0 Å². The van der Waals surface area contributed by atoms with E-state index in [9.17, 15) is 9.59 Å². The summed E-state index contributed by atoms with van der Waals surface area (Å²) in [5.41, 5.74) is 12.6. The van der Waals surface area contributed by atoms with E-state index in [0.29, 0.717) is 30.0 Å². The quantitative estimate of drug-likeness (QED) is 0.779. The first-order valence-corrected chi connectivity index (χ1v) is 6.58. The molecule has 0 aliphatic heterocycles. The van der Waals surface area contributed by atoms with E-state index in [4.69, 9.17) is 11.5 Å². The van der Waals surface area contributed by atoms with Gasteiger partial charge in [-0.15, -0.1) is 0 Å². The highest BCUT2D eigenvalue weighted by molar-refractivity contribution is 5.97. The largest absolute Gasteiger partial charge is 0.399 e. The number of likely N-dealkylation sites (N-methyl/N-ethyl adjacent to an activating group) is 2. The second-order valence-electron chi connectivity index (χ2n) is 4.62. The van der Waals surface area contributed by atoms with E-state index in [0.717, 1.165) is 0 Å². The molecule has 0 radical (unpaired) electrons. The highest BCUT2D eigenvalue weighted by Crippen LogP contribution is 2.15. The third kappa shape index (κ3) is 3.88. The van der Waals surface area contributed by atoms with Gasteiger partial charge in [-0.3, -0.25) is 9.59 Å². The summed E-state index contributed by atoms with van der Waals surface area (Å²) < 4.78 is 0. The fourth-order valence-corrected chi connectivity index (χ4v) is 1.97. The zero-order chi connectivity index (χ0) is 15.3. The van der Waals surface area contributed by atoms with Crippen molar-refractivity contribution in [3.63, 3.8) is 0 Å². The maximum Gasteiger partial charge on any atom is 0.254 e. The number of carbonyl (C=O) groups is 2. The summed E-state index contributed by atoms with van der Waals surface area (Å²) in [5, 5.41) is 0. The number of carbonyl (C=O) groups excluding carboxylic acids is 2. The highest BCUT2D eigenvalue weighted by atomic mass is 16.2. The van der Waals surface area contributed by atoms with Crippen LogP contribution in [-0.2, 0) is 4.79 Å². The number of hydrogen-bond acceptors (Lipinski definition) is 4. The lowest BCUT2D eigenvalue weighted by atomic mass is 10.1. The predicted octanol–water partition coefficient (Wildman–Crippen LogP) is 0.791. The summed E-state index contributed by atoms with van der Waals surface area (Å²) in [6, 6.07) is 4.69. The van der Waals surface area contributed by atoms with Gasteiger partial charge in [-0.1, -0.05) is 0 Å². The van der Waals surface area contributed by atoms with E-state index in [-0.39, 0.29) is 18.4 Å². The first-order chi connectivity index (χ1) is 9.38. The summed E-state index contributed by atoms with van der Waals surface area (Å²) in [6.07, 6.45) is 0. The van der Waals surface area contributed by atoms with Crippen LogP contribution >= 0.6 is 0 Å². The third-order valence-corrected chi connectivity index (χ3v) is 3.06. The second kappa shape index (κ2) is 6.79. The zero-order valence-electron chi connectivity index (χ0n) is 12.2. The Balaban J connectivity index is 2.79. The number of rotatable bonds is 5. The number of anilines is 2. The van der Waals surface area contributed by atoms with Crippen molar-refractivity contribution in [2.45, 2.75) is 13.8 Å². The van der Waals surface area contributed by atoms with Gasteiger partial charge < -0.3 is 21.3 Å². The van der Waals surface area contributed by atoms with E-state index >= 15 is 0 Å². The van der Waals surface area contributed by atoms with Crippen molar-refractivity contribution in [3.05, 3.63) is 23.8 Å². The van der Waals surface area contributed by atoms with Crippen LogP contribution in [0, 0.1) is 0 Å². The molecule has 2 amide bonds. The molecular formula is C14H22N4O2. The van der Waals surface area contributed by atoms with Gasteiger partial charge in [0.1, 0.15) is 0 Å². The average Bonchev–Trinajstić information content (AvgIpc) is 2.37. The first-order valence-electron chi connectivity index (χ1n) is 6.58. The van der Waals surface area contributed by atoms with Crippen LogP contribution in [0.2, 0.25) is 0 Å². The van der Waals surface area contributed by atoms with Gasteiger partial charge in [0.15, 0.2) is 0 Å². The van der Waals surface area contributed by atoms with Crippen LogP contribution in [0.3, 0.4) is 0 Å². The fourth-order valence-electron chi connectivity index (χ4n) is 1.97. The van der Waals surface area contributed by atoms with Crippen molar-refractivity contribution in [2.75, 3.05) is 38.1 Å². The van der Waals surface area contributed by atoms with Crippen LogP contribution < -0.4 is 11.5 Å². The summed E-state index contributed by atoms with van der Waals surface area (Å²) in [6.45, 7) is 5.10. The number of benzene rings is 1. The molecule has 0 atom stereocenters. The smallest absolute Gasteiger partial charge is 0.254 e. The van der Waals surface area contributed by atoms with Crippen LogP contribution in [0.25, 0.3) is 0 Å². The van der Waals surface area contributed by atoms with Crippen molar-refractivity contribution >= 4 is 23.2 Å². The zero-order valence-corrected chi connectivity index (χ0v) is 12.2. The predicted molar refractivity (Wildman–Crippen MR) is 80.2 cm³/mol. The van der Waals surface area contributed by atoms with Gasteiger partial charge >= 0.3 is 0 Å². The minimum absolute atomic E-state index is 0.0369. The van der Waals surface area contributed by atoms with Crippen molar-refractivity contribution < 1.29 is 9.59 Å². The molecule has 1 aromatic carbocycles. The number of amides is 2. The Labute approximate surface area is 119 Å². The van der Waals surface area contributed by atoms with Crippen LogP contribution in [0.5, 0.6) is 0 Å². The Morgan fingerprint density at radius 2 is 1.55 bits per heavy atom. The van der Waals surface area contributed by atoms with Crippen LogP contribution in [0.1, 0.15) is 24.2 Å². The Kier molecular flexibility index (Phi) is 5.37. The van der Waals surface area contributed by atoms with Crippen LogP contribution in [0.15, 0.2) is 18.2 Å². The Morgan fingerprint density at radius 3 is 2.00 bits per heavy atom. The average molecular weight is 278 g/mol. The minimum atomic E-state index is -0.274. The molecular weight excluding hydrogens is 256 g/mol. The summed E-state index contributed by atoms with van der Waals surface area (Å²) in [4.78, 5) is 27.2. The molecule has 110 valence electrons. The molecule has 0 aliphatic carbocycles. The molecule has 6 nitrogen and oxygen atoms in total. The lowest BCUT2D eigenvalue weighted by Gasteiger charge is -2.23. The van der Waals surface area contributed by atoms with Gasteiger partial charge in [-0.2, -0.15) is 0 Å². The van der Waals surface area contributed by atoms with Crippen molar-refractivity contribution in [1.29, 1.82) is 0 Å². The third-order valence-electron chi connectivity index (χ3n) is 3.06. The Morgan fingerprint density at radius 1 is 1.05 bits per heavy atom. The SMILES string of the molecule is CCN(CC)C(=O)CN(C)C(=O)c1cc(N)cc(N)c1. The number of nitrogen functional groups attached to an aromatic ring is 2. The van der Waals surface area contributed by atoms with Gasteiger partial charge in [0.05, 0.1) is 6.54 Å². The van der Waals surface area contributed by atoms with E-state index in [1.54, 1.807) is 30.1 Å². The van der Waals surface area contributed by atoms with Crippen molar-refractivity contribution in [3.8, 4) is 0 Å². The van der Waals surface area contributed by atoms with E-state index < -0.39 is 0 Å². The minimum Gasteiger partial charge on any atom is -0.399 e. The number of nitrogens with two attached hydrogens (primary N) is 2. The van der Waals surface area contributed by atoms with Crippen LogP contribution in [0.4, 0.5) is 11.4 Å². The van der Waals surface area contributed by atoms with Crippen molar-refractivity contribution in [2.24, 2.45) is 0 Å². The maximum absolute atomic E-state index is 12.2. The molecule has 0 spiro atoms. The molecule has 4 N–H and O–H groups in total. The summed E-state index contributed by atoms with van der Waals surface area (Å²) in [7, 11) is 1.59. The maximum atomic E-state index is 12.2. The molecule has 0 heterocycles. The van der Waals surface area contributed by atoms with Gasteiger partial charge in [-0.05, 0) is 32.0 Å². The summed E-state index contributed by atoms with van der Waals surface area (Å²) >= 11 is 0. The lowest BCUT2D eigenvalue weighted by Crippen LogP contribution is -2.41. The van der Waals surface area contributed by atoms with Crippen molar-refractivity contribution in [1.82, 2.24) is 9.80 Å². The van der Waals surface area contributed by atoms with Gasteiger partial charge in [0.25, 0.3) is 5.91 Å². The standard InChI is InChI=1S/C14H22N4O2/c1-4-18(5-2)13(19)9-17(3)14(20)10-6-11(15)8-12(16)7-10/h6-8H,4-5,9,15-16H2,1-3H3. The van der Waals surface area contributed by atoms with E-state index in [2.05, 4.69) is 0 Å². The molecule has 0 fully saturated rings. The van der Waals surface area contributed by atoms with Crippen LogP contribution in [-0.4, -0.2) is 48.3 Å². The van der Waals surface area contributed by atoms with E-state index in [1.165, 1.54) is 4.90 Å². The fraction of sp³-hybridized carbons (Fsp3) is 0.429. The molecule has 1 aromatic rings. The normalized spacial score (nSPS) is 10.2. The molecule has 0 saturated heterocycles. The topological polar surface area (TPSA) is 92.7 Å². The first kappa shape index (κ1) is 15.8. The molecule has 20 heavy (non-hydrogen) atoms. The lowest BCUT2D eigenvalue weighted by molar-refractivity contribution is -0.131. The molecule has 0 aliphatic rings. The van der Waals surface area contributed by atoms with Gasteiger partial charge in [0, 0.05) is 37.1 Å². The molecule has 0 aromatic heterocycles. The van der Waals surface area contributed by atoms with Gasteiger partial charge in [0.2, 0.25) is 5.91 Å². The number of nitrogens with zero attached hydrogens (tertiary/aromatic N) is 2. The summed E-state index contributed by atoms with van der Waals surface area (Å²) in [5.74, 6) is -0.354. The number of hydrogen-bond donors (Lipinski definition) is 2. The highest BCUT2D eigenvalue weighted by Gasteiger charge is 2.18. The molecule has 0 unspecified atom stereocenters. The molecule has 0 bridgehead atoms. The van der Waals surface area contributed by atoms with E-state index in [1.807, 2.05) is 13.8 Å². The molecule has 6 heteroatoms. The Bertz CT molecular complexity index is 478. The second-order valence-corrected chi connectivity index (χ2v) is 4.62. The Hall–Kier alpha value is -2.24. The molecule has 1 rings (SSSR count).